The van der Waals surface area contributed by atoms with Crippen LogP contribution in [0.2, 0.25) is 0 Å². The minimum absolute atomic E-state index is 0.102. The summed E-state index contributed by atoms with van der Waals surface area (Å²) in [6, 6.07) is 0. The molecule has 0 amide bonds. The van der Waals surface area contributed by atoms with Gasteiger partial charge in [0.2, 0.25) is 0 Å². The lowest BCUT2D eigenvalue weighted by atomic mass is 10.5. The number of nitrogens with one attached hydrogen (secondary N) is 1. The summed E-state index contributed by atoms with van der Waals surface area (Å²) in [6.07, 6.45) is 0. The number of rotatable bonds is 1. The zero-order valence-corrected chi connectivity index (χ0v) is 6.11. The van der Waals surface area contributed by atoms with Crippen molar-refractivity contribution in [2.45, 2.75) is 19.2 Å². The number of halogens is 1. The Morgan fingerprint density at radius 1 is 1.67 bits per heavy atom. The van der Waals surface area contributed by atoms with Crippen LogP contribution in [0.15, 0.2) is 0 Å². The first kappa shape index (κ1) is 6.55. The fourth-order valence-corrected chi connectivity index (χ4v) is 0.635. The maximum Gasteiger partial charge on any atom is 0.168 e. The highest BCUT2D eigenvalue weighted by molar-refractivity contribution is 6.20. The van der Waals surface area contributed by atoms with Crippen molar-refractivity contribution >= 4 is 11.6 Å². The van der Waals surface area contributed by atoms with Crippen LogP contribution in [-0.4, -0.2) is 15.2 Å². The first-order valence-electron chi connectivity index (χ1n) is 2.73. The number of hydrogen-bond acceptors (Lipinski definition) is 2. The quantitative estimate of drug-likeness (QED) is 0.608. The second kappa shape index (κ2) is 2.35. The summed E-state index contributed by atoms with van der Waals surface area (Å²) >= 11 is 5.67. The van der Waals surface area contributed by atoms with Gasteiger partial charge in [-0.3, -0.25) is 5.10 Å². The van der Waals surface area contributed by atoms with E-state index in [2.05, 4.69) is 15.2 Å². The number of nitrogens with zero attached hydrogens (tertiary/aromatic N) is 2. The summed E-state index contributed by atoms with van der Waals surface area (Å²) in [5.74, 6) is 1.46. The van der Waals surface area contributed by atoms with Crippen LogP contribution in [0.1, 0.15) is 23.9 Å². The molecule has 9 heavy (non-hydrogen) atoms. The van der Waals surface area contributed by atoms with Crippen LogP contribution in [0.4, 0.5) is 0 Å². The molecule has 0 saturated carbocycles. The maximum atomic E-state index is 5.67. The highest BCUT2D eigenvalue weighted by atomic mass is 35.5. The van der Waals surface area contributed by atoms with Gasteiger partial charge in [-0.05, 0) is 13.8 Å². The fraction of sp³-hybridized carbons (Fsp3) is 0.600. The molecule has 0 aromatic carbocycles. The Balaban J connectivity index is 2.85. The lowest BCUT2D eigenvalue weighted by Gasteiger charge is -1.89. The third-order valence-electron chi connectivity index (χ3n) is 0.970. The van der Waals surface area contributed by atoms with Gasteiger partial charge in [0.1, 0.15) is 5.82 Å². The molecule has 0 radical (unpaired) electrons. The molecular weight excluding hydrogens is 138 g/mol. The van der Waals surface area contributed by atoms with Gasteiger partial charge in [-0.25, -0.2) is 4.98 Å². The highest BCUT2D eigenvalue weighted by Crippen LogP contribution is 2.13. The molecule has 1 aromatic heterocycles. The molecule has 0 aliphatic carbocycles. The summed E-state index contributed by atoms with van der Waals surface area (Å²) in [4.78, 5) is 4.01. The van der Waals surface area contributed by atoms with E-state index in [1.165, 1.54) is 0 Å². The van der Waals surface area contributed by atoms with Crippen molar-refractivity contribution in [1.29, 1.82) is 0 Å². The van der Waals surface area contributed by atoms with Crippen molar-refractivity contribution in [2.24, 2.45) is 0 Å². The van der Waals surface area contributed by atoms with Crippen molar-refractivity contribution in [2.75, 3.05) is 0 Å². The van der Waals surface area contributed by atoms with Crippen LogP contribution in [0, 0.1) is 6.92 Å². The number of H-pyrrole nitrogens is 1. The minimum Gasteiger partial charge on any atom is -0.263 e. The predicted molar refractivity (Wildman–Crippen MR) is 35.4 cm³/mol. The van der Waals surface area contributed by atoms with Gasteiger partial charge >= 0.3 is 0 Å². The third-order valence-corrected chi connectivity index (χ3v) is 1.17. The van der Waals surface area contributed by atoms with E-state index in [0.717, 1.165) is 5.82 Å². The summed E-state index contributed by atoms with van der Waals surface area (Å²) < 4.78 is 0. The number of aromatic amines is 1. The van der Waals surface area contributed by atoms with Gasteiger partial charge in [-0.2, -0.15) is 5.10 Å². The van der Waals surface area contributed by atoms with Gasteiger partial charge in [0.15, 0.2) is 5.82 Å². The molecule has 0 aliphatic heterocycles. The molecule has 0 saturated heterocycles. The SMILES string of the molecule is Cc1nc([C@H](C)Cl)n[nH]1. The van der Waals surface area contributed by atoms with E-state index < -0.39 is 0 Å². The van der Waals surface area contributed by atoms with Gasteiger partial charge in [0.05, 0.1) is 5.38 Å². The number of hydrogen-bond donors (Lipinski definition) is 1. The Morgan fingerprint density at radius 3 is 2.56 bits per heavy atom. The molecule has 0 unspecified atom stereocenters. The molecule has 3 nitrogen and oxygen atoms in total. The zero-order valence-electron chi connectivity index (χ0n) is 5.35. The van der Waals surface area contributed by atoms with E-state index >= 15 is 0 Å². The van der Waals surface area contributed by atoms with Gasteiger partial charge in [-0.15, -0.1) is 11.6 Å². The zero-order chi connectivity index (χ0) is 6.85. The van der Waals surface area contributed by atoms with Gasteiger partial charge in [0.25, 0.3) is 0 Å². The van der Waals surface area contributed by atoms with Crippen LogP contribution in [0.25, 0.3) is 0 Å². The van der Waals surface area contributed by atoms with E-state index in [9.17, 15) is 0 Å². The smallest absolute Gasteiger partial charge is 0.168 e. The second-order valence-corrected chi connectivity index (χ2v) is 2.55. The second-order valence-electron chi connectivity index (χ2n) is 1.90. The first-order chi connectivity index (χ1) is 4.20. The third kappa shape index (κ3) is 1.42. The van der Waals surface area contributed by atoms with Gasteiger partial charge in [0, 0.05) is 0 Å². The van der Waals surface area contributed by atoms with E-state index in [1.807, 2.05) is 13.8 Å². The summed E-state index contributed by atoms with van der Waals surface area (Å²) in [7, 11) is 0. The molecule has 0 aliphatic rings. The highest BCUT2D eigenvalue weighted by Gasteiger charge is 2.04. The molecule has 0 fully saturated rings. The topological polar surface area (TPSA) is 41.6 Å². The van der Waals surface area contributed by atoms with E-state index in [-0.39, 0.29) is 5.38 Å². The van der Waals surface area contributed by atoms with Crippen LogP contribution < -0.4 is 0 Å². The molecule has 50 valence electrons. The fourth-order valence-electron chi connectivity index (χ4n) is 0.538. The molecule has 1 N–H and O–H groups in total. The average molecular weight is 146 g/mol. The van der Waals surface area contributed by atoms with Crippen molar-refractivity contribution in [3.05, 3.63) is 11.6 Å². The molecule has 1 atom stereocenters. The Hall–Kier alpha value is -0.570. The summed E-state index contributed by atoms with van der Waals surface area (Å²) in [5, 5.41) is 6.45. The van der Waals surface area contributed by atoms with Gasteiger partial charge < -0.3 is 0 Å². The summed E-state index contributed by atoms with van der Waals surface area (Å²) in [6.45, 7) is 3.68. The standard InChI is InChI=1S/C5H8ClN3/c1-3(6)5-7-4(2)8-9-5/h3H,1-2H3,(H,7,8,9)/t3-/m0/s1. The minimum atomic E-state index is -0.102. The Bertz CT molecular complexity index is 194. The molecular formula is C5H8ClN3. The first-order valence-corrected chi connectivity index (χ1v) is 3.17. The Kier molecular flexibility index (Phi) is 1.71. The average Bonchev–Trinajstić information content (AvgIpc) is 2.14. The lowest BCUT2D eigenvalue weighted by Crippen LogP contribution is -1.86. The number of aromatic nitrogens is 3. The molecule has 0 spiro atoms. The predicted octanol–water partition coefficient (Wildman–Crippen LogP) is 1.41. The molecule has 1 heterocycles. The van der Waals surface area contributed by atoms with Crippen molar-refractivity contribution < 1.29 is 0 Å². The maximum absolute atomic E-state index is 5.67. The number of alkyl halides is 1. The Labute approximate surface area is 58.4 Å². The molecule has 0 bridgehead atoms. The molecule has 1 aromatic rings. The van der Waals surface area contributed by atoms with Crippen LogP contribution in [-0.2, 0) is 0 Å². The monoisotopic (exact) mass is 145 g/mol. The summed E-state index contributed by atoms with van der Waals surface area (Å²) in [5.41, 5.74) is 0. The lowest BCUT2D eigenvalue weighted by molar-refractivity contribution is 0.918. The van der Waals surface area contributed by atoms with Crippen LogP contribution >= 0.6 is 11.6 Å². The van der Waals surface area contributed by atoms with Crippen molar-refractivity contribution in [3.8, 4) is 0 Å². The largest absolute Gasteiger partial charge is 0.263 e. The Morgan fingerprint density at radius 2 is 2.33 bits per heavy atom. The van der Waals surface area contributed by atoms with Crippen LogP contribution in [0.5, 0.6) is 0 Å². The number of aryl methyl sites for hydroxylation is 1. The van der Waals surface area contributed by atoms with Crippen molar-refractivity contribution in [1.82, 2.24) is 15.2 Å². The molecule has 4 heteroatoms. The van der Waals surface area contributed by atoms with Gasteiger partial charge in [-0.1, -0.05) is 0 Å². The van der Waals surface area contributed by atoms with E-state index in [1.54, 1.807) is 0 Å². The van der Waals surface area contributed by atoms with Crippen LogP contribution in [0.3, 0.4) is 0 Å². The van der Waals surface area contributed by atoms with Crippen molar-refractivity contribution in [3.63, 3.8) is 0 Å². The molecule has 1 rings (SSSR count). The van der Waals surface area contributed by atoms with E-state index in [4.69, 9.17) is 11.6 Å². The van der Waals surface area contributed by atoms with E-state index in [0.29, 0.717) is 5.82 Å². The normalized spacial score (nSPS) is 13.7.